The summed E-state index contributed by atoms with van der Waals surface area (Å²) in [4.78, 5) is 16.7. The minimum absolute atomic E-state index is 0.00854. The van der Waals surface area contributed by atoms with E-state index in [1.807, 2.05) is 27.7 Å². The molecule has 1 aliphatic rings. The molecule has 0 saturated carbocycles. The molecule has 0 aliphatic carbocycles. The first kappa shape index (κ1) is 28.5. The maximum atomic E-state index is 13.1. The number of carbonyl (C=O) groups is 1. The summed E-state index contributed by atoms with van der Waals surface area (Å²) in [7, 11) is 0. The van der Waals surface area contributed by atoms with Crippen LogP contribution in [0.4, 0.5) is 18.9 Å². The monoisotopic (exact) mass is 540 g/mol. The lowest BCUT2D eigenvalue weighted by Gasteiger charge is -2.39. The van der Waals surface area contributed by atoms with E-state index in [0.717, 1.165) is 18.6 Å². The zero-order valence-corrected chi connectivity index (χ0v) is 22.1. The average Bonchev–Trinajstić information content (AvgIpc) is 2.75. The van der Waals surface area contributed by atoms with Gasteiger partial charge in [0, 0.05) is 30.3 Å². The van der Waals surface area contributed by atoms with E-state index in [0.29, 0.717) is 23.9 Å². The first-order valence-corrected chi connectivity index (χ1v) is 12.9. The van der Waals surface area contributed by atoms with Crippen LogP contribution in [0.15, 0.2) is 53.9 Å². The molecule has 0 radical (unpaired) electrons. The van der Waals surface area contributed by atoms with Gasteiger partial charge in [0.2, 0.25) is 5.88 Å². The summed E-state index contributed by atoms with van der Waals surface area (Å²) >= 11 is -2.17. The number of hydrogen-bond donors (Lipinski definition) is 2. The molecule has 1 aromatic carbocycles. The van der Waals surface area contributed by atoms with Crippen molar-refractivity contribution in [1.82, 2.24) is 4.98 Å². The highest BCUT2D eigenvalue weighted by Crippen LogP contribution is 2.46. The number of aliphatic hydroxyl groups is 1. The van der Waals surface area contributed by atoms with E-state index in [1.54, 1.807) is 31.2 Å². The fourth-order valence-electron chi connectivity index (χ4n) is 4.51. The summed E-state index contributed by atoms with van der Waals surface area (Å²) in [5.41, 5.74) is -1.000. The molecule has 2 unspecified atom stereocenters. The number of anilines is 1. The Balaban J connectivity index is 1.84. The van der Waals surface area contributed by atoms with Crippen LogP contribution in [-0.4, -0.2) is 25.9 Å². The van der Waals surface area contributed by atoms with Gasteiger partial charge in [0.05, 0.1) is 11.1 Å². The molecule has 0 bridgehead atoms. The molecular formula is C26H31F3N2O5S. The topological polar surface area (TPSA) is 97.8 Å². The van der Waals surface area contributed by atoms with Crippen LogP contribution in [0.25, 0.3) is 0 Å². The van der Waals surface area contributed by atoms with Gasteiger partial charge in [0.25, 0.3) is 0 Å². The zero-order chi connectivity index (χ0) is 27.6. The van der Waals surface area contributed by atoms with Gasteiger partial charge >= 0.3 is 23.4 Å². The van der Waals surface area contributed by atoms with Crippen LogP contribution in [-0.2, 0) is 27.0 Å². The van der Waals surface area contributed by atoms with Gasteiger partial charge < -0.3 is 14.0 Å². The lowest BCUT2D eigenvalue weighted by molar-refractivity contribution is -0.158. The third-order valence-corrected chi connectivity index (χ3v) is 6.72. The number of cyclic esters (lactones) is 1. The number of ether oxygens (including phenoxy) is 1. The van der Waals surface area contributed by atoms with Gasteiger partial charge in [-0.1, -0.05) is 46.2 Å². The smallest absolute Gasteiger partial charge is 0.417 e. The van der Waals surface area contributed by atoms with E-state index in [1.165, 1.54) is 0 Å². The number of halogens is 3. The van der Waals surface area contributed by atoms with Crippen LogP contribution in [0.1, 0.15) is 70.9 Å². The van der Waals surface area contributed by atoms with E-state index >= 15 is 0 Å². The number of hydrogen-bond acceptors (Lipinski definition) is 6. The number of aromatic nitrogens is 1. The molecule has 0 spiro atoms. The highest BCUT2D eigenvalue weighted by atomic mass is 32.2. The molecule has 2 heterocycles. The number of nitrogens with zero attached hydrogens (tertiary/aromatic N) is 1. The second-order valence-electron chi connectivity index (χ2n) is 10.4. The molecule has 0 saturated heterocycles. The van der Waals surface area contributed by atoms with E-state index in [-0.39, 0.29) is 23.6 Å². The van der Waals surface area contributed by atoms with Gasteiger partial charge in [-0.15, -0.1) is 0 Å². The number of alkyl halides is 3. The van der Waals surface area contributed by atoms with Gasteiger partial charge in [-0.2, -0.15) is 17.4 Å². The number of pyridine rings is 1. The number of carbonyl (C=O) groups excluding carboxylic acids is 1. The molecule has 3 rings (SSSR count). The largest absolute Gasteiger partial charge is 0.512 e. The number of esters is 1. The normalized spacial score (nSPS) is 20.3. The molecule has 11 heteroatoms. The highest BCUT2D eigenvalue weighted by Gasteiger charge is 2.44. The minimum atomic E-state index is -4.55. The lowest BCUT2D eigenvalue weighted by Crippen LogP contribution is -2.40. The van der Waals surface area contributed by atoms with Crippen LogP contribution in [0.2, 0.25) is 0 Å². The Labute approximate surface area is 216 Å². The summed E-state index contributed by atoms with van der Waals surface area (Å²) in [5.74, 6) is -1.37. The third-order valence-electron chi connectivity index (χ3n) is 5.99. The quantitative estimate of drug-likeness (QED) is 0.365. The van der Waals surface area contributed by atoms with Gasteiger partial charge in [-0.3, -0.25) is 4.72 Å². The second kappa shape index (κ2) is 10.7. The number of aliphatic hydroxyl groups excluding tert-OH is 1. The second-order valence-corrected chi connectivity index (χ2v) is 11.2. The first-order valence-electron chi connectivity index (χ1n) is 11.8. The van der Waals surface area contributed by atoms with Gasteiger partial charge in [-0.05, 0) is 42.5 Å². The molecule has 37 heavy (non-hydrogen) atoms. The van der Waals surface area contributed by atoms with E-state index in [2.05, 4.69) is 9.71 Å². The minimum Gasteiger partial charge on any atom is -0.512 e. The first-order chi connectivity index (χ1) is 17.1. The summed E-state index contributed by atoms with van der Waals surface area (Å²) in [5, 5.41) is 11.0. The van der Waals surface area contributed by atoms with Crippen LogP contribution >= 0.6 is 0 Å². The van der Waals surface area contributed by atoms with Crippen molar-refractivity contribution in [2.45, 2.75) is 71.6 Å². The summed E-state index contributed by atoms with van der Waals surface area (Å²) in [6.45, 7) is 9.58. The van der Waals surface area contributed by atoms with Crippen molar-refractivity contribution >= 4 is 22.9 Å². The molecule has 0 amide bonds. The molecule has 0 fully saturated rings. The predicted molar refractivity (Wildman–Crippen MR) is 134 cm³/mol. The molecule has 3 atom stereocenters. The van der Waals surface area contributed by atoms with Crippen molar-refractivity contribution in [1.29, 1.82) is 0 Å². The summed E-state index contributed by atoms with van der Waals surface area (Å²) in [6, 6.07) is 8.53. The van der Waals surface area contributed by atoms with Crippen LogP contribution in [0, 0.1) is 5.41 Å². The van der Waals surface area contributed by atoms with Crippen molar-refractivity contribution in [2.75, 3.05) is 4.72 Å². The Bertz CT molecular complexity index is 1190. The fourth-order valence-corrected chi connectivity index (χ4v) is 5.12. The average molecular weight is 541 g/mol. The van der Waals surface area contributed by atoms with Crippen molar-refractivity contribution in [3.63, 3.8) is 0 Å². The molecule has 7 nitrogen and oxygen atoms in total. The summed E-state index contributed by atoms with van der Waals surface area (Å²) in [6.07, 6.45) is -2.32. The van der Waals surface area contributed by atoms with Crippen LogP contribution < -0.4 is 8.91 Å². The maximum absolute atomic E-state index is 13.1. The molecule has 202 valence electrons. The SMILES string of the molecule is CCCC1(C)CC(O)=C([C@@H](c2cccc(NS(=O)Oc3ccc(C(F)(F)F)cn3)c2)C(C)(C)C)C(=O)O1. The number of nitrogens with one attached hydrogen (secondary N) is 1. The van der Waals surface area contributed by atoms with Gasteiger partial charge in [-0.25, -0.2) is 9.78 Å². The lowest BCUT2D eigenvalue weighted by atomic mass is 9.70. The van der Waals surface area contributed by atoms with Gasteiger partial charge in [0.1, 0.15) is 11.4 Å². The van der Waals surface area contributed by atoms with Crippen molar-refractivity contribution in [3.8, 4) is 5.88 Å². The molecule has 1 aromatic heterocycles. The Morgan fingerprint density at radius 1 is 1.24 bits per heavy atom. The zero-order valence-electron chi connectivity index (χ0n) is 21.3. The van der Waals surface area contributed by atoms with Crippen LogP contribution in [0.3, 0.4) is 0 Å². The third kappa shape index (κ3) is 7.03. The fraction of sp³-hybridized carbons (Fsp3) is 0.462. The Kier molecular flexibility index (Phi) is 8.26. The maximum Gasteiger partial charge on any atom is 0.417 e. The molecular weight excluding hydrogens is 509 g/mol. The Morgan fingerprint density at radius 2 is 1.95 bits per heavy atom. The van der Waals surface area contributed by atoms with Crippen LogP contribution in [0.5, 0.6) is 5.88 Å². The van der Waals surface area contributed by atoms with Crippen molar-refractivity contribution < 1.29 is 36.2 Å². The Hall–Kier alpha value is -3.08. The van der Waals surface area contributed by atoms with Crippen molar-refractivity contribution in [2.24, 2.45) is 5.41 Å². The standard InChI is InChI=1S/C26H31F3N2O5S/c1-6-12-25(5)14-19(32)21(23(33)35-25)22(24(2,3)4)16-8-7-9-18(13-16)31-37(34)36-20-11-10-17(15-30-20)26(27,28)29/h7-11,13,15,22,31-32H,6,12,14H2,1-5H3/t22-,25?,37?/m1/s1. The summed E-state index contributed by atoms with van der Waals surface area (Å²) < 4.78 is 64.1. The van der Waals surface area contributed by atoms with E-state index in [4.69, 9.17) is 8.92 Å². The van der Waals surface area contributed by atoms with E-state index in [9.17, 15) is 27.3 Å². The number of rotatable bonds is 8. The van der Waals surface area contributed by atoms with E-state index < -0.39 is 45.9 Å². The highest BCUT2D eigenvalue weighted by molar-refractivity contribution is 7.81. The number of benzene rings is 1. The predicted octanol–water partition coefficient (Wildman–Crippen LogP) is 6.62. The van der Waals surface area contributed by atoms with Crippen molar-refractivity contribution in [3.05, 3.63) is 65.1 Å². The molecule has 2 N–H and O–H groups in total. The molecule has 2 aromatic rings. The molecule has 1 aliphatic heterocycles. The Morgan fingerprint density at radius 3 is 2.49 bits per heavy atom. The van der Waals surface area contributed by atoms with Gasteiger partial charge in [0.15, 0.2) is 0 Å².